The summed E-state index contributed by atoms with van der Waals surface area (Å²) in [6.45, 7) is 6.61. The van der Waals surface area contributed by atoms with Gasteiger partial charge >= 0.3 is 5.97 Å². The van der Waals surface area contributed by atoms with Crippen molar-refractivity contribution in [3.63, 3.8) is 0 Å². The molecular formula is C29H32O5Si. The van der Waals surface area contributed by atoms with E-state index in [1.54, 1.807) is 0 Å². The first-order valence-electron chi connectivity index (χ1n) is 12.2. The molecule has 0 aromatic heterocycles. The van der Waals surface area contributed by atoms with Crippen LogP contribution in [-0.2, 0) is 18.7 Å². The molecule has 182 valence electrons. The summed E-state index contributed by atoms with van der Waals surface area (Å²) in [6.07, 6.45) is -3.02. The fourth-order valence-corrected chi connectivity index (χ4v) is 10.2. The molecular weight excluding hydrogens is 456 g/mol. The highest BCUT2D eigenvalue weighted by molar-refractivity contribution is 6.99. The number of aliphatic hydroxyl groups is 1. The highest BCUT2D eigenvalue weighted by atomic mass is 28.4. The minimum atomic E-state index is -2.97. The van der Waals surface area contributed by atoms with Crippen molar-refractivity contribution in [2.24, 2.45) is 0 Å². The zero-order valence-corrected chi connectivity index (χ0v) is 21.3. The first-order chi connectivity index (χ1) is 16.8. The van der Waals surface area contributed by atoms with Gasteiger partial charge < -0.3 is 19.0 Å². The van der Waals surface area contributed by atoms with E-state index in [2.05, 4.69) is 45.0 Å². The van der Waals surface area contributed by atoms with E-state index in [1.807, 2.05) is 66.7 Å². The van der Waals surface area contributed by atoms with Crippen LogP contribution in [0.3, 0.4) is 0 Å². The van der Waals surface area contributed by atoms with Crippen molar-refractivity contribution in [2.75, 3.05) is 0 Å². The summed E-state index contributed by atoms with van der Waals surface area (Å²) in [5, 5.41) is 13.4. The number of hydrogen-bond donors (Lipinski definition) is 1. The summed E-state index contributed by atoms with van der Waals surface area (Å²) < 4.78 is 19.4. The van der Waals surface area contributed by atoms with Crippen LogP contribution in [-0.4, -0.2) is 43.8 Å². The average molecular weight is 489 g/mol. The zero-order valence-electron chi connectivity index (χ0n) is 20.3. The summed E-state index contributed by atoms with van der Waals surface area (Å²) in [4.78, 5) is 12.2. The zero-order chi connectivity index (χ0) is 24.6. The molecule has 0 spiro atoms. The molecule has 2 heterocycles. The van der Waals surface area contributed by atoms with Gasteiger partial charge in [0.15, 0.2) is 6.10 Å². The van der Waals surface area contributed by atoms with Crippen LogP contribution in [0.25, 0.3) is 0 Å². The van der Waals surface area contributed by atoms with E-state index in [1.165, 1.54) is 0 Å². The Hall–Kier alpha value is -2.77. The maximum atomic E-state index is 12.2. The van der Waals surface area contributed by atoms with Crippen molar-refractivity contribution in [3.8, 4) is 0 Å². The third kappa shape index (κ3) is 4.25. The quantitative estimate of drug-likeness (QED) is 0.423. The van der Waals surface area contributed by atoms with Gasteiger partial charge in [0.2, 0.25) is 0 Å². The Labute approximate surface area is 207 Å². The van der Waals surface area contributed by atoms with Gasteiger partial charge in [-0.15, -0.1) is 0 Å². The van der Waals surface area contributed by atoms with Crippen LogP contribution in [0.15, 0.2) is 91.0 Å². The lowest BCUT2D eigenvalue weighted by Gasteiger charge is -2.46. The van der Waals surface area contributed by atoms with Gasteiger partial charge in [-0.3, -0.25) is 4.79 Å². The second-order valence-corrected chi connectivity index (χ2v) is 14.7. The van der Waals surface area contributed by atoms with E-state index in [0.717, 1.165) is 15.9 Å². The third-order valence-electron chi connectivity index (χ3n) is 7.16. The molecule has 0 amide bonds. The molecule has 2 saturated heterocycles. The van der Waals surface area contributed by atoms with Gasteiger partial charge in [-0.05, 0) is 21.0 Å². The Morgan fingerprint density at radius 1 is 0.886 bits per heavy atom. The lowest BCUT2D eigenvalue weighted by molar-refractivity contribution is -0.146. The van der Waals surface area contributed by atoms with E-state index < -0.39 is 38.8 Å². The van der Waals surface area contributed by atoms with Gasteiger partial charge in [-0.1, -0.05) is 112 Å². The average Bonchev–Trinajstić information content (AvgIpc) is 3.39. The number of aliphatic hydroxyl groups excluding tert-OH is 1. The minimum Gasteiger partial charge on any atom is -0.457 e. The van der Waals surface area contributed by atoms with Gasteiger partial charge in [-0.25, -0.2) is 0 Å². The van der Waals surface area contributed by atoms with Crippen molar-refractivity contribution in [1.29, 1.82) is 0 Å². The third-order valence-corrected chi connectivity index (χ3v) is 12.2. The predicted octanol–water partition coefficient (Wildman–Crippen LogP) is 3.75. The molecule has 0 bridgehead atoms. The molecule has 2 fully saturated rings. The molecule has 3 aromatic rings. The molecule has 5 nitrogen and oxygen atoms in total. The first-order valence-corrected chi connectivity index (χ1v) is 14.1. The fourth-order valence-electron chi connectivity index (χ4n) is 5.55. The molecule has 0 radical (unpaired) electrons. The molecule has 2 aliphatic rings. The summed E-state index contributed by atoms with van der Waals surface area (Å²) in [5.41, 5.74) is 0.750. The minimum absolute atomic E-state index is 0.170. The van der Waals surface area contributed by atoms with Crippen LogP contribution in [0.2, 0.25) is 5.04 Å². The molecule has 0 saturated carbocycles. The Kier molecular flexibility index (Phi) is 6.40. The molecule has 6 heteroatoms. The maximum absolute atomic E-state index is 12.2. The Morgan fingerprint density at radius 2 is 1.40 bits per heavy atom. The van der Waals surface area contributed by atoms with Crippen LogP contribution in [0.1, 0.15) is 38.9 Å². The van der Waals surface area contributed by atoms with Crippen molar-refractivity contribution in [1.82, 2.24) is 0 Å². The Morgan fingerprint density at radius 3 is 1.91 bits per heavy atom. The van der Waals surface area contributed by atoms with Crippen molar-refractivity contribution in [3.05, 3.63) is 96.6 Å². The predicted molar refractivity (Wildman–Crippen MR) is 137 cm³/mol. The van der Waals surface area contributed by atoms with Gasteiger partial charge in [-0.2, -0.15) is 0 Å². The molecule has 1 N–H and O–H groups in total. The largest absolute Gasteiger partial charge is 0.457 e. The number of rotatable bonds is 6. The van der Waals surface area contributed by atoms with Crippen LogP contribution >= 0.6 is 0 Å². The Balaban J connectivity index is 1.64. The number of fused-ring (bicyclic) bond motifs is 1. The highest BCUT2D eigenvalue weighted by Crippen LogP contribution is 2.44. The van der Waals surface area contributed by atoms with Crippen LogP contribution < -0.4 is 10.4 Å². The van der Waals surface area contributed by atoms with E-state index in [9.17, 15) is 9.90 Å². The van der Waals surface area contributed by atoms with Crippen molar-refractivity contribution < 1.29 is 23.8 Å². The standard InChI is InChI=1S/C29H32O5Si/c1-29(2,3)35(21-15-9-5-10-16-21,22-17-11-6-12-18-22)34-28-26-23(19-24(30)33-26)32-27(28)25(31)20-13-7-4-8-14-20/h4-18,23,25-28,31H,19H2,1-3H3/t23-,25-,26+,27-,28-/m1/s1. The van der Waals surface area contributed by atoms with E-state index in [4.69, 9.17) is 13.9 Å². The van der Waals surface area contributed by atoms with Crippen LogP contribution in [0.5, 0.6) is 0 Å². The molecule has 0 aliphatic carbocycles. The summed E-state index contributed by atoms with van der Waals surface area (Å²) in [5.74, 6) is -0.288. The molecule has 5 rings (SSSR count). The SMILES string of the molecule is CC(C)(C)[Si](O[C@@H]1[C@H]2OC(=O)C[C@H]2O[C@@H]1[C@H](O)c1ccccc1)(c1ccccc1)c1ccccc1. The second-order valence-electron chi connectivity index (χ2n) is 10.4. The monoisotopic (exact) mass is 488 g/mol. The maximum Gasteiger partial charge on any atom is 0.309 e. The summed E-state index contributed by atoms with van der Waals surface area (Å²) >= 11 is 0. The lowest BCUT2D eigenvalue weighted by atomic mass is 9.99. The molecule has 35 heavy (non-hydrogen) atoms. The lowest BCUT2D eigenvalue weighted by Crippen LogP contribution is -2.69. The second kappa shape index (κ2) is 9.35. The van der Waals surface area contributed by atoms with Crippen molar-refractivity contribution >= 4 is 24.7 Å². The summed E-state index contributed by atoms with van der Waals surface area (Å²) in [6, 6.07) is 30.1. The van der Waals surface area contributed by atoms with E-state index in [0.29, 0.717) is 0 Å². The number of ether oxygens (including phenoxy) is 2. The molecule has 3 aromatic carbocycles. The van der Waals surface area contributed by atoms with Crippen LogP contribution in [0.4, 0.5) is 0 Å². The van der Waals surface area contributed by atoms with Gasteiger partial charge in [0.05, 0.1) is 6.42 Å². The van der Waals surface area contributed by atoms with Gasteiger partial charge in [0, 0.05) is 0 Å². The molecule has 0 unspecified atom stereocenters. The normalized spacial score (nSPS) is 25.2. The van der Waals surface area contributed by atoms with Gasteiger partial charge in [0.25, 0.3) is 8.32 Å². The number of hydrogen-bond acceptors (Lipinski definition) is 5. The van der Waals surface area contributed by atoms with E-state index >= 15 is 0 Å². The smallest absolute Gasteiger partial charge is 0.309 e. The van der Waals surface area contributed by atoms with Gasteiger partial charge in [0.1, 0.15) is 24.4 Å². The molecule has 5 atom stereocenters. The highest BCUT2D eigenvalue weighted by Gasteiger charge is 2.60. The van der Waals surface area contributed by atoms with E-state index in [-0.39, 0.29) is 17.4 Å². The first kappa shape index (κ1) is 23.9. The van der Waals surface area contributed by atoms with Crippen molar-refractivity contribution in [2.45, 2.75) is 62.8 Å². The summed E-state index contributed by atoms with van der Waals surface area (Å²) in [7, 11) is -2.97. The molecule has 2 aliphatic heterocycles. The topological polar surface area (TPSA) is 65.0 Å². The number of carbonyl (C=O) groups is 1. The fraction of sp³-hybridized carbons (Fsp3) is 0.345. The number of benzene rings is 3. The van der Waals surface area contributed by atoms with Crippen LogP contribution in [0, 0.1) is 0 Å². The Bertz CT molecular complexity index is 1110. The number of carbonyl (C=O) groups excluding carboxylic acids is 1. The number of esters is 1.